The van der Waals surface area contributed by atoms with Crippen LogP contribution in [0.25, 0.3) is 0 Å². The Morgan fingerprint density at radius 1 is 1.72 bits per heavy atom. The van der Waals surface area contributed by atoms with Crippen molar-refractivity contribution in [3.05, 3.63) is 38.6 Å². The number of nitrogens with zero attached hydrogens (tertiary/aromatic N) is 4. The lowest BCUT2D eigenvalue weighted by Gasteiger charge is -1.94. The molecule has 8 nitrogen and oxygen atoms in total. The van der Waals surface area contributed by atoms with Crippen molar-refractivity contribution < 1.29 is 9.34 Å². The molecule has 2 heterocycles. The fraction of sp³-hybridized carbons (Fsp3) is 0.222. The molecule has 0 spiro atoms. The van der Waals surface area contributed by atoms with Gasteiger partial charge in [-0.25, -0.2) is 0 Å². The summed E-state index contributed by atoms with van der Waals surface area (Å²) < 4.78 is 6.72. The number of rotatable bonds is 4. The Hall–Kier alpha value is -2.29. The summed E-state index contributed by atoms with van der Waals surface area (Å²) >= 11 is 4.99. The van der Waals surface area contributed by atoms with Crippen LogP contribution in [-0.4, -0.2) is 26.0 Å². The monoisotopic (exact) mass is 267 g/mol. The molecule has 2 aromatic heterocycles. The predicted molar refractivity (Wildman–Crippen MR) is 65.1 cm³/mol. The first kappa shape index (κ1) is 12.2. The average molecular weight is 267 g/mol. The largest absolute Gasteiger partial charge is 0.433 e. The van der Waals surface area contributed by atoms with Gasteiger partial charge in [0, 0.05) is 6.42 Å². The minimum atomic E-state index is -0.613. The van der Waals surface area contributed by atoms with E-state index in [9.17, 15) is 10.1 Å². The van der Waals surface area contributed by atoms with Gasteiger partial charge >= 0.3 is 5.88 Å². The fourth-order valence-electron chi connectivity index (χ4n) is 1.30. The first-order chi connectivity index (χ1) is 8.61. The van der Waals surface area contributed by atoms with E-state index in [4.69, 9.17) is 16.6 Å². The van der Waals surface area contributed by atoms with Crippen LogP contribution in [0.1, 0.15) is 18.5 Å². The van der Waals surface area contributed by atoms with Gasteiger partial charge in [0.05, 0.1) is 12.3 Å². The van der Waals surface area contributed by atoms with E-state index in [2.05, 4.69) is 15.3 Å². The summed E-state index contributed by atoms with van der Waals surface area (Å²) in [7, 11) is 0. The molecule has 0 saturated heterocycles. The third kappa shape index (κ3) is 2.35. The Morgan fingerprint density at radius 2 is 2.50 bits per heavy atom. The maximum Gasteiger partial charge on any atom is 0.433 e. The Labute approximate surface area is 106 Å². The zero-order valence-electron chi connectivity index (χ0n) is 9.36. The summed E-state index contributed by atoms with van der Waals surface area (Å²) in [4.78, 5) is 9.82. The van der Waals surface area contributed by atoms with Gasteiger partial charge in [-0.1, -0.05) is 6.92 Å². The average Bonchev–Trinajstić information content (AvgIpc) is 2.93. The van der Waals surface area contributed by atoms with Crippen molar-refractivity contribution in [3.63, 3.8) is 0 Å². The maximum absolute atomic E-state index is 10.4. The molecule has 0 atom stereocenters. The van der Waals surface area contributed by atoms with E-state index in [0.717, 1.165) is 0 Å². The molecule has 18 heavy (non-hydrogen) atoms. The van der Waals surface area contributed by atoms with Crippen LogP contribution in [0.5, 0.6) is 0 Å². The molecule has 2 rings (SSSR count). The topological polar surface area (TPSA) is 102 Å². The highest BCUT2D eigenvalue weighted by molar-refractivity contribution is 7.71. The Bertz CT molecular complexity index is 653. The first-order valence-corrected chi connectivity index (χ1v) is 5.47. The summed E-state index contributed by atoms with van der Waals surface area (Å²) in [5.74, 6) is 0.604. The summed E-state index contributed by atoms with van der Waals surface area (Å²) in [5, 5.41) is 21.1. The smallest absolute Gasteiger partial charge is 0.400 e. The Morgan fingerprint density at radius 3 is 3.11 bits per heavy atom. The summed E-state index contributed by atoms with van der Waals surface area (Å²) in [6.45, 7) is 1.91. The molecule has 0 bridgehead atoms. The van der Waals surface area contributed by atoms with Crippen LogP contribution in [0.3, 0.4) is 0 Å². The lowest BCUT2D eigenvalue weighted by Crippen LogP contribution is -1.96. The highest BCUT2D eigenvalue weighted by Gasteiger charge is 2.10. The number of furan rings is 1. The molecule has 0 fully saturated rings. The molecule has 94 valence electrons. The quantitative estimate of drug-likeness (QED) is 0.394. The molecule has 1 N–H and O–H groups in total. The molecule has 0 aliphatic heterocycles. The number of aryl methyl sites for hydroxylation is 1. The van der Waals surface area contributed by atoms with E-state index in [1.807, 2.05) is 6.92 Å². The minimum Gasteiger partial charge on any atom is -0.400 e. The third-order valence-corrected chi connectivity index (χ3v) is 2.39. The lowest BCUT2D eigenvalue weighted by atomic mass is 10.5. The second-order valence-electron chi connectivity index (χ2n) is 3.29. The standard InChI is InChI=1S/C9H9N5O3S/c1-2-7-11-12-9(18)13(7)10-5-6-3-4-8(17-6)14(15)16/h3-5H,2H2,1H3,(H,12,18)/b10-5-. The van der Waals surface area contributed by atoms with Crippen LogP contribution in [0.2, 0.25) is 0 Å². The molecule has 0 aliphatic rings. The maximum atomic E-state index is 10.4. The zero-order valence-corrected chi connectivity index (χ0v) is 10.2. The van der Waals surface area contributed by atoms with Gasteiger partial charge < -0.3 is 4.42 Å². The van der Waals surface area contributed by atoms with Crippen LogP contribution in [0.4, 0.5) is 5.88 Å². The molecule has 0 saturated carbocycles. The van der Waals surface area contributed by atoms with Crippen LogP contribution < -0.4 is 0 Å². The van der Waals surface area contributed by atoms with Gasteiger partial charge in [0.25, 0.3) is 0 Å². The molecule has 9 heteroatoms. The highest BCUT2D eigenvalue weighted by atomic mass is 32.1. The molecule has 0 aliphatic carbocycles. The van der Waals surface area contributed by atoms with Crippen LogP contribution in [-0.2, 0) is 6.42 Å². The fourth-order valence-corrected chi connectivity index (χ4v) is 1.49. The lowest BCUT2D eigenvalue weighted by molar-refractivity contribution is -0.402. The first-order valence-electron chi connectivity index (χ1n) is 5.06. The van der Waals surface area contributed by atoms with Crippen LogP contribution in [0, 0.1) is 14.9 Å². The predicted octanol–water partition coefficient (Wildman–Crippen LogP) is 1.89. The molecule has 2 aromatic rings. The minimum absolute atomic E-state index is 0.270. The normalized spacial score (nSPS) is 11.2. The van der Waals surface area contributed by atoms with Crippen LogP contribution in [0.15, 0.2) is 21.7 Å². The van der Waals surface area contributed by atoms with E-state index in [1.54, 1.807) is 0 Å². The SMILES string of the molecule is CCc1n[nH]c(=S)n1/N=C\c1ccc([N+](=O)[O-])o1. The molecular formula is C9H9N5O3S. The van der Waals surface area contributed by atoms with Crippen LogP contribution >= 0.6 is 12.2 Å². The third-order valence-electron chi connectivity index (χ3n) is 2.13. The van der Waals surface area contributed by atoms with Crippen molar-refractivity contribution in [1.29, 1.82) is 0 Å². The molecule has 0 unspecified atom stereocenters. The molecule has 0 aromatic carbocycles. The molecular weight excluding hydrogens is 258 g/mol. The van der Waals surface area contributed by atoms with Gasteiger partial charge in [-0.3, -0.25) is 15.2 Å². The number of nitrogens with one attached hydrogen (secondary N) is 1. The van der Waals surface area contributed by atoms with Gasteiger partial charge in [-0.2, -0.15) is 14.9 Å². The van der Waals surface area contributed by atoms with E-state index in [1.165, 1.54) is 23.0 Å². The second kappa shape index (κ2) is 4.92. The van der Waals surface area contributed by atoms with E-state index >= 15 is 0 Å². The molecule has 0 radical (unpaired) electrons. The summed E-state index contributed by atoms with van der Waals surface area (Å²) in [6.07, 6.45) is 2.00. The van der Waals surface area contributed by atoms with Gasteiger partial charge in [0.15, 0.2) is 11.6 Å². The van der Waals surface area contributed by atoms with Crippen molar-refractivity contribution in [2.45, 2.75) is 13.3 Å². The van der Waals surface area contributed by atoms with E-state index in [0.29, 0.717) is 17.0 Å². The zero-order chi connectivity index (χ0) is 13.1. The summed E-state index contributed by atoms with van der Waals surface area (Å²) in [5.41, 5.74) is 0. The van der Waals surface area contributed by atoms with Gasteiger partial charge in [0.2, 0.25) is 4.77 Å². The number of hydrogen-bond acceptors (Lipinski definition) is 6. The van der Waals surface area contributed by atoms with Gasteiger partial charge in [-0.05, 0) is 18.3 Å². The van der Waals surface area contributed by atoms with Crippen molar-refractivity contribution >= 4 is 24.3 Å². The van der Waals surface area contributed by atoms with E-state index in [-0.39, 0.29) is 11.6 Å². The van der Waals surface area contributed by atoms with E-state index < -0.39 is 4.92 Å². The van der Waals surface area contributed by atoms with Crippen molar-refractivity contribution in [3.8, 4) is 0 Å². The summed E-state index contributed by atoms with van der Waals surface area (Å²) in [6, 6.07) is 2.72. The number of nitro groups is 1. The van der Waals surface area contributed by atoms with Gasteiger partial charge in [0.1, 0.15) is 4.92 Å². The number of H-pyrrole nitrogens is 1. The Kier molecular flexibility index (Phi) is 3.33. The molecule has 0 amide bonds. The number of aromatic nitrogens is 3. The Balaban J connectivity index is 2.27. The van der Waals surface area contributed by atoms with Crippen molar-refractivity contribution in [2.75, 3.05) is 0 Å². The second-order valence-corrected chi connectivity index (χ2v) is 3.67. The number of aromatic amines is 1. The van der Waals surface area contributed by atoms with Gasteiger partial charge in [-0.15, -0.1) is 0 Å². The number of hydrogen-bond donors (Lipinski definition) is 1. The van der Waals surface area contributed by atoms with Crippen molar-refractivity contribution in [2.24, 2.45) is 5.10 Å². The van der Waals surface area contributed by atoms with Crippen molar-refractivity contribution in [1.82, 2.24) is 14.9 Å². The highest BCUT2D eigenvalue weighted by Crippen LogP contribution is 2.14.